The molecule has 1 aromatic carbocycles. The minimum Gasteiger partial charge on any atom is -0.491 e. The summed E-state index contributed by atoms with van der Waals surface area (Å²) in [4.78, 5) is 8.11. The summed E-state index contributed by atoms with van der Waals surface area (Å²) < 4.78 is 5.59. The highest BCUT2D eigenvalue weighted by Crippen LogP contribution is 2.35. The van der Waals surface area contributed by atoms with Gasteiger partial charge >= 0.3 is 0 Å². The zero-order valence-corrected chi connectivity index (χ0v) is 10.7. The lowest BCUT2D eigenvalue weighted by Crippen LogP contribution is -2.16. The Balaban J connectivity index is 1.87. The van der Waals surface area contributed by atoms with Crippen molar-refractivity contribution >= 4 is 23.4 Å². The Hall–Kier alpha value is -2.05. The molecule has 98 valence electrons. The first-order chi connectivity index (χ1) is 9.28. The lowest BCUT2D eigenvalue weighted by molar-refractivity contribution is 0.339. The lowest BCUT2D eigenvalue weighted by Gasteiger charge is -2.13. The molecule has 1 aliphatic heterocycles. The summed E-state index contributed by atoms with van der Waals surface area (Å²) in [6, 6.07) is 7.86. The molecule has 0 radical (unpaired) electrons. The van der Waals surface area contributed by atoms with Crippen molar-refractivity contribution in [3.8, 4) is 5.75 Å². The van der Waals surface area contributed by atoms with Gasteiger partial charge < -0.3 is 10.1 Å². The highest BCUT2D eigenvalue weighted by molar-refractivity contribution is 6.32. The van der Waals surface area contributed by atoms with Crippen LogP contribution in [0.15, 0.2) is 30.5 Å². The Morgan fingerprint density at radius 1 is 1.37 bits per heavy atom. The fourth-order valence-electron chi connectivity index (χ4n) is 1.99. The van der Waals surface area contributed by atoms with E-state index in [1.54, 1.807) is 0 Å². The third kappa shape index (κ3) is 2.27. The molecule has 6 nitrogen and oxygen atoms in total. The number of para-hydroxylation sites is 1. The SMILES string of the molecule is NNc1ncc(Cl)c(NC2COc3ccccc32)n1. The van der Waals surface area contributed by atoms with Crippen molar-refractivity contribution in [2.45, 2.75) is 6.04 Å². The molecule has 0 saturated heterocycles. The predicted octanol–water partition coefficient (Wildman–Crippen LogP) is 1.96. The summed E-state index contributed by atoms with van der Waals surface area (Å²) in [5, 5.41) is 3.67. The molecule has 0 saturated carbocycles. The zero-order valence-electron chi connectivity index (χ0n) is 9.93. The molecule has 1 aliphatic rings. The van der Waals surface area contributed by atoms with E-state index in [1.807, 2.05) is 24.3 Å². The molecule has 1 unspecified atom stereocenters. The largest absolute Gasteiger partial charge is 0.491 e. The van der Waals surface area contributed by atoms with Gasteiger partial charge in [-0.05, 0) is 6.07 Å². The number of benzene rings is 1. The van der Waals surface area contributed by atoms with Crippen molar-refractivity contribution in [1.82, 2.24) is 9.97 Å². The molecule has 1 aromatic heterocycles. The number of halogens is 1. The molecular weight excluding hydrogens is 266 g/mol. The third-order valence-corrected chi connectivity index (χ3v) is 3.16. The van der Waals surface area contributed by atoms with Gasteiger partial charge in [0.2, 0.25) is 5.95 Å². The summed E-state index contributed by atoms with van der Waals surface area (Å²) in [5.74, 6) is 6.99. The number of fused-ring (bicyclic) bond motifs is 1. The van der Waals surface area contributed by atoms with E-state index < -0.39 is 0 Å². The maximum atomic E-state index is 6.06. The van der Waals surface area contributed by atoms with Crippen molar-refractivity contribution < 1.29 is 4.74 Å². The van der Waals surface area contributed by atoms with E-state index in [9.17, 15) is 0 Å². The van der Waals surface area contributed by atoms with Crippen molar-refractivity contribution in [3.63, 3.8) is 0 Å². The van der Waals surface area contributed by atoms with Crippen LogP contribution in [0.4, 0.5) is 11.8 Å². The first-order valence-corrected chi connectivity index (χ1v) is 6.13. The van der Waals surface area contributed by atoms with Gasteiger partial charge in [0.25, 0.3) is 0 Å². The van der Waals surface area contributed by atoms with Gasteiger partial charge in [-0.3, -0.25) is 5.43 Å². The maximum Gasteiger partial charge on any atom is 0.239 e. The molecule has 4 N–H and O–H groups in total. The number of hydrogen-bond donors (Lipinski definition) is 3. The van der Waals surface area contributed by atoms with Gasteiger partial charge in [0.15, 0.2) is 5.82 Å². The number of rotatable bonds is 3. The minimum atomic E-state index is 0.00854. The van der Waals surface area contributed by atoms with Gasteiger partial charge in [-0.2, -0.15) is 4.98 Å². The van der Waals surface area contributed by atoms with Crippen LogP contribution in [-0.2, 0) is 0 Å². The van der Waals surface area contributed by atoms with E-state index in [2.05, 4.69) is 20.7 Å². The van der Waals surface area contributed by atoms with Crippen LogP contribution in [0.25, 0.3) is 0 Å². The Kier molecular flexibility index (Phi) is 3.10. The average Bonchev–Trinajstić information content (AvgIpc) is 2.85. The van der Waals surface area contributed by atoms with Crippen molar-refractivity contribution in [2.24, 2.45) is 5.84 Å². The van der Waals surface area contributed by atoms with E-state index in [-0.39, 0.29) is 6.04 Å². The monoisotopic (exact) mass is 277 g/mol. The highest BCUT2D eigenvalue weighted by atomic mass is 35.5. The number of anilines is 2. The molecule has 0 aliphatic carbocycles. The van der Waals surface area contributed by atoms with Crippen LogP contribution in [0, 0.1) is 0 Å². The molecule has 3 rings (SSSR count). The van der Waals surface area contributed by atoms with E-state index in [4.69, 9.17) is 22.2 Å². The molecule has 0 spiro atoms. The van der Waals surface area contributed by atoms with Gasteiger partial charge in [-0.1, -0.05) is 29.8 Å². The minimum absolute atomic E-state index is 0.00854. The van der Waals surface area contributed by atoms with Gasteiger partial charge in [0, 0.05) is 5.56 Å². The number of nitrogens with two attached hydrogens (primary N) is 1. The highest BCUT2D eigenvalue weighted by Gasteiger charge is 2.24. The second kappa shape index (κ2) is 4.91. The van der Waals surface area contributed by atoms with Crippen LogP contribution in [0.2, 0.25) is 5.02 Å². The van der Waals surface area contributed by atoms with Crippen LogP contribution in [0.5, 0.6) is 5.75 Å². The zero-order chi connectivity index (χ0) is 13.2. The first-order valence-electron chi connectivity index (χ1n) is 5.75. The van der Waals surface area contributed by atoms with Crippen molar-refractivity contribution in [1.29, 1.82) is 0 Å². The number of nitrogen functional groups attached to an aromatic ring is 1. The number of hydrogen-bond acceptors (Lipinski definition) is 6. The summed E-state index contributed by atoms with van der Waals surface area (Å²) in [6.45, 7) is 0.533. The molecule has 7 heteroatoms. The summed E-state index contributed by atoms with van der Waals surface area (Å²) in [6.07, 6.45) is 1.49. The second-order valence-corrected chi connectivity index (χ2v) is 4.49. The second-order valence-electron chi connectivity index (χ2n) is 4.08. The number of nitrogens with zero attached hydrogens (tertiary/aromatic N) is 2. The van der Waals surface area contributed by atoms with Crippen molar-refractivity contribution in [2.75, 3.05) is 17.3 Å². The molecule has 2 aromatic rings. The number of ether oxygens (including phenoxy) is 1. The Morgan fingerprint density at radius 3 is 3.05 bits per heavy atom. The molecular formula is C12H12ClN5O. The summed E-state index contributed by atoms with van der Waals surface area (Å²) in [5.41, 5.74) is 3.47. The molecule has 0 fully saturated rings. The smallest absolute Gasteiger partial charge is 0.239 e. The standard InChI is InChI=1S/C12H12ClN5O/c13-8-5-15-12(18-14)17-11(8)16-9-6-19-10-4-2-1-3-7(9)10/h1-5,9H,6,14H2,(H2,15,16,17,18). The maximum absolute atomic E-state index is 6.06. The normalized spacial score (nSPS) is 16.6. The number of nitrogens with one attached hydrogen (secondary N) is 2. The fourth-order valence-corrected chi connectivity index (χ4v) is 2.13. The van der Waals surface area contributed by atoms with Gasteiger partial charge in [-0.15, -0.1) is 0 Å². The van der Waals surface area contributed by atoms with Crippen LogP contribution >= 0.6 is 11.6 Å². The van der Waals surface area contributed by atoms with E-state index in [1.165, 1.54) is 6.20 Å². The number of hydrazine groups is 1. The van der Waals surface area contributed by atoms with Crippen LogP contribution in [0.1, 0.15) is 11.6 Å². The lowest BCUT2D eigenvalue weighted by atomic mass is 10.1. The topological polar surface area (TPSA) is 85.1 Å². The first kappa shape index (κ1) is 12.0. The molecule has 0 amide bonds. The number of aromatic nitrogens is 2. The predicted molar refractivity (Wildman–Crippen MR) is 73.2 cm³/mol. The van der Waals surface area contributed by atoms with Gasteiger partial charge in [-0.25, -0.2) is 10.8 Å². The Bertz CT molecular complexity index is 606. The van der Waals surface area contributed by atoms with E-state index in [0.717, 1.165) is 11.3 Å². The third-order valence-electron chi connectivity index (χ3n) is 2.88. The van der Waals surface area contributed by atoms with E-state index >= 15 is 0 Å². The Morgan fingerprint density at radius 2 is 2.21 bits per heavy atom. The molecule has 1 atom stereocenters. The van der Waals surface area contributed by atoms with E-state index in [0.29, 0.717) is 23.4 Å². The van der Waals surface area contributed by atoms with Crippen LogP contribution in [0.3, 0.4) is 0 Å². The fraction of sp³-hybridized carbons (Fsp3) is 0.167. The summed E-state index contributed by atoms with van der Waals surface area (Å²) >= 11 is 6.06. The summed E-state index contributed by atoms with van der Waals surface area (Å²) in [7, 11) is 0. The molecule has 0 bridgehead atoms. The molecule has 19 heavy (non-hydrogen) atoms. The average molecular weight is 278 g/mol. The van der Waals surface area contributed by atoms with Crippen molar-refractivity contribution in [3.05, 3.63) is 41.0 Å². The van der Waals surface area contributed by atoms with Gasteiger partial charge in [0.05, 0.1) is 12.2 Å². The van der Waals surface area contributed by atoms with Gasteiger partial charge in [0.1, 0.15) is 17.4 Å². The molecule has 2 heterocycles. The van der Waals surface area contributed by atoms with Crippen LogP contribution < -0.4 is 21.3 Å². The van der Waals surface area contributed by atoms with Crippen LogP contribution in [-0.4, -0.2) is 16.6 Å². The quantitative estimate of drug-likeness (QED) is 0.587. The Labute approximate surface area is 114 Å².